The van der Waals surface area contributed by atoms with Crippen molar-refractivity contribution in [3.8, 4) is 0 Å². The van der Waals surface area contributed by atoms with Crippen LogP contribution in [0, 0.1) is 5.92 Å². The lowest BCUT2D eigenvalue weighted by Crippen LogP contribution is -2.55. The maximum absolute atomic E-state index is 14.0. The van der Waals surface area contributed by atoms with E-state index in [0.29, 0.717) is 35.0 Å². The summed E-state index contributed by atoms with van der Waals surface area (Å²) in [5.41, 5.74) is 1.64. The molecule has 0 aliphatic heterocycles. The van der Waals surface area contributed by atoms with Gasteiger partial charge in [0, 0.05) is 43.7 Å². The fourth-order valence-electron chi connectivity index (χ4n) is 5.66. The first-order chi connectivity index (χ1) is 21.5. The first-order valence-corrected chi connectivity index (χ1v) is 16.1. The highest BCUT2D eigenvalue weighted by atomic mass is 35.5. The summed E-state index contributed by atoms with van der Waals surface area (Å²) in [5, 5.41) is 15.1. The van der Waals surface area contributed by atoms with Gasteiger partial charge in [-0.2, -0.15) is 0 Å². The summed E-state index contributed by atoms with van der Waals surface area (Å²) in [6.07, 6.45) is 4.63. The van der Waals surface area contributed by atoms with E-state index < -0.39 is 30.0 Å². The SMILES string of the molecule is CON(C)C(=O)[C@H](CCC(=O)N(C)CCc1cccc(Cl)c1)NC(=O)[C@H](CC1CCCCC1)N(Cc1cccc(Cl)c1)C(=O)O. The summed E-state index contributed by atoms with van der Waals surface area (Å²) in [6, 6.07) is 12.1. The molecule has 45 heavy (non-hydrogen) atoms. The standard InChI is InChI=1S/C33H44Cl2N4O6/c1-37(18-17-24-11-7-13-26(34)19-24)30(40)16-15-28(32(42)38(2)45-3)36-31(41)29(21-23-9-5-4-6-10-23)39(33(43)44)22-25-12-8-14-27(35)20-25/h7-8,11-14,19-20,23,28-29H,4-6,9-10,15-18,21-22H2,1-3H3,(H,36,41)(H,43,44)/t28-,29-/m0/s1. The van der Waals surface area contributed by atoms with Gasteiger partial charge in [-0.3, -0.25) is 24.1 Å². The van der Waals surface area contributed by atoms with Crippen molar-refractivity contribution < 1.29 is 29.1 Å². The molecule has 12 heteroatoms. The molecule has 0 aromatic heterocycles. The molecule has 0 radical (unpaired) electrons. The van der Waals surface area contributed by atoms with E-state index in [4.69, 9.17) is 28.0 Å². The lowest BCUT2D eigenvalue weighted by molar-refractivity contribution is -0.172. The number of carboxylic acid groups (broad SMARTS) is 1. The number of carbonyl (C=O) groups excluding carboxylic acids is 3. The third-order valence-electron chi connectivity index (χ3n) is 8.34. The maximum Gasteiger partial charge on any atom is 0.408 e. The highest BCUT2D eigenvalue weighted by molar-refractivity contribution is 6.30. The van der Waals surface area contributed by atoms with Gasteiger partial charge in [-0.05, 0) is 60.6 Å². The average Bonchev–Trinajstić information content (AvgIpc) is 3.02. The molecule has 4 amide bonds. The van der Waals surface area contributed by atoms with Crippen molar-refractivity contribution in [3.63, 3.8) is 0 Å². The average molecular weight is 664 g/mol. The Morgan fingerprint density at radius 3 is 2.20 bits per heavy atom. The highest BCUT2D eigenvalue weighted by Crippen LogP contribution is 2.30. The molecule has 2 aromatic carbocycles. The van der Waals surface area contributed by atoms with Gasteiger partial charge in [0.1, 0.15) is 12.1 Å². The molecule has 0 unspecified atom stereocenters. The lowest BCUT2D eigenvalue weighted by atomic mass is 9.84. The third-order valence-corrected chi connectivity index (χ3v) is 8.81. The zero-order valence-electron chi connectivity index (χ0n) is 26.2. The van der Waals surface area contributed by atoms with Gasteiger partial charge in [-0.25, -0.2) is 9.86 Å². The molecule has 0 spiro atoms. The van der Waals surface area contributed by atoms with Crippen LogP contribution in [0.4, 0.5) is 4.79 Å². The number of benzene rings is 2. The first-order valence-electron chi connectivity index (χ1n) is 15.3. The van der Waals surface area contributed by atoms with Gasteiger partial charge < -0.3 is 15.3 Å². The van der Waals surface area contributed by atoms with Gasteiger partial charge in [0.25, 0.3) is 5.91 Å². The van der Waals surface area contributed by atoms with Crippen LogP contribution >= 0.6 is 23.2 Å². The summed E-state index contributed by atoms with van der Waals surface area (Å²) in [6.45, 7) is 0.399. The summed E-state index contributed by atoms with van der Waals surface area (Å²) in [7, 11) is 4.43. The number of hydroxylamine groups is 2. The van der Waals surface area contributed by atoms with Gasteiger partial charge in [0.15, 0.2) is 0 Å². The Hall–Kier alpha value is -3.34. The number of amides is 4. The molecule has 3 rings (SSSR count). The van der Waals surface area contributed by atoms with E-state index >= 15 is 0 Å². The second kappa shape index (κ2) is 18.0. The van der Waals surface area contributed by atoms with Gasteiger partial charge in [0.05, 0.1) is 7.11 Å². The Morgan fingerprint density at radius 1 is 0.978 bits per heavy atom. The molecule has 1 saturated carbocycles. The fraction of sp³-hybridized carbons (Fsp3) is 0.515. The molecule has 10 nitrogen and oxygen atoms in total. The Morgan fingerprint density at radius 2 is 1.60 bits per heavy atom. The molecule has 2 atom stereocenters. The second-order valence-corrected chi connectivity index (χ2v) is 12.5. The normalized spacial score (nSPS) is 14.7. The molecule has 0 bridgehead atoms. The summed E-state index contributed by atoms with van der Waals surface area (Å²) in [4.78, 5) is 60.6. The van der Waals surface area contributed by atoms with E-state index in [1.165, 1.54) is 14.2 Å². The van der Waals surface area contributed by atoms with Crippen molar-refractivity contribution in [2.24, 2.45) is 5.92 Å². The smallest absolute Gasteiger partial charge is 0.408 e. The lowest BCUT2D eigenvalue weighted by Gasteiger charge is -2.34. The largest absolute Gasteiger partial charge is 0.465 e. The molecule has 1 aliphatic rings. The number of likely N-dealkylation sites (N-methyl/N-ethyl adjacent to an activating group) is 2. The minimum absolute atomic E-state index is 0.0100. The molecule has 0 saturated heterocycles. The van der Waals surface area contributed by atoms with E-state index in [-0.39, 0.29) is 31.2 Å². The molecular formula is C33H44Cl2N4O6. The number of nitrogens with zero attached hydrogens (tertiary/aromatic N) is 3. The van der Waals surface area contributed by atoms with E-state index in [1.807, 2.05) is 18.2 Å². The topological polar surface area (TPSA) is 119 Å². The summed E-state index contributed by atoms with van der Waals surface area (Å²) >= 11 is 12.2. The third kappa shape index (κ3) is 11.5. The zero-order chi connectivity index (χ0) is 32.9. The molecule has 2 N–H and O–H groups in total. The van der Waals surface area contributed by atoms with Crippen LogP contribution in [0.1, 0.15) is 62.5 Å². The van der Waals surface area contributed by atoms with Crippen LogP contribution in [-0.4, -0.2) is 83.6 Å². The predicted molar refractivity (Wildman–Crippen MR) is 174 cm³/mol. The van der Waals surface area contributed by atoms with E-state index in [0.717, 1.165) is 47.6 Å². The van der Waals surface area contributed by atoms with Crippen LogP contribution in [0.3, 0.4) is 0 Å². The minimum Gasteiger partial charge on any atom is -0.465 e. The van der Waals surface area contributed by atoms with Crippen molar-refractivity contribution in [3.05, 3.63) is 69.7 Å². The number of hydrogen-bond donors (Lipinski definition) is 2. The minimum atomic E-state index is -1.25. The van der Waals surface area contributed by atoms with Gasteiger partial charge in [-0.15, -0.1) is 0 Å². The Balaban J connectivity index is 1.76. The van der Waals surface area contributed by atoms with Crippen molar-refractivity contribution in [2.75, 3.05) is 27.7 Å². The van der Waals surface area contributed by atoms with Crippen LogP contribution in [0.5, 0.6) is 0 Å². The number of rotatable bonds is 15. The molecular weight excluding hydrogens is 619 g/mol. The van der Waals surface area contributed by atoms with Crippen LogP contribution in [0.15, 0.2) is 48.5 Å². The predicted octanol–water partition coefficient (Wildman–Crippen LogP) is 5.80. The summed E-state index contributed by atoms with van der Waals surface area (Å²) < 4.78 is 0. The summed E-state index contributed by atoms with van der Waals surface area (Å²) in [5.74, 6) is -1.17. The van der Waals surface area contributed by atoms with Crippen LogP contribution in [0.2, 0.25) is 10.0 Å². The molecule has 2 aromatic rings. The Kier molecular flexibility index (Phi) is 14.4. The van der Waals surface area contributed by atoms with Crippen molar-refractivity contribution in [1.82, 2.24) is 20.2 Å². The monoisotopic (exact) mass is 662 g/mol. The van der Waals surface area contributed by atoms with Crippen LogP contribution in [0.25, 0.3) is 0 Å². The van der Waals surface area contributed by atoms with Crippen molar-refractivity contribution in [2.45, 2.75) is 76.4 Å². The zero-order valence-corrected chi connectivity index (χ0v) is 27.7. The number of halogens is 2. The van der Waals surface area contributed by atoms with Gasteiger partial charge in [0.2, 0.25) is 11.8 Å². The molecule has 1 fully saturated rings. The quantitative estimate of drug-likeness (QED) is 0.233. The Labute approximate surface area is 275 Å². The van der Waals surface area contributed by atoms with Crippen molar-refractivity contribution in [1.29, 1.82) is 0 Å². The number of carbonyl (C=O) groups is 4. The van der Waals surface area contributed by atoms with E-state index in [2.05, 4.69) is 5.32 Å². The molecule has 1 aliphatic carbocycles. The van der Waals surface area contributed by atoms with E-state index in [9.17, 15) is 24.3 Å². The van der Waals surface area contributed by atoms with Gasteiger partial charge >= 0.3 is 6.09 Å². The maximum atomic E-state index is 14.0. The van der Waals surface area contributed by atoms with Crippen LogP contribution < -0.4 is 5.32 Å². The van der Waals surface area contributed by atoms with E-state index in [1.54, 1.807) is 42.3 Å². The first kappa shape index (κ1) is 36.1. The van der Waals surface area contributed by atoms with Crippen LogP contribution in [-0.2, 0) is 32.2 Å². The number of nitrogens with one attached hydrogen (secondary N) is 1. The number of hydrogen-bond acceptors (Lipinski definition) is 5. The highest BCUT2D eigenvalue weighted by Gasteiger charge is 2.36. The molecule has 246 valence electrons. The molecule has 0 heterocycles. The van der Waals surface area contributed by atoms with Crippen molar-refractivity contribution >= 4 is 47.0 Å². The Bertz CT molecular complexity index is 1310. The second-order valence-electron chi connectivity index (χ2n) is 11.6. The fourth-order valence-corrected chi connectivity index (χ4v) is 6.09. The van der Waals surface area contributed by atoms with Gasteiger partial charge in [-0.1, -0.05) is 79.6 Å².